The molecule has 0 atom stereocenters. The lowest BCUT2D eigenvalue weighted by Gasteiger charge is -2.18. The maximum Gasteiger partial charge on any atom is 0.244 e. The molecule has 0 unspecified atom stereocenters. The molecule has 2 amide bonds. The van der Waals surface area contributed by atoms with Gasteiger partial charge >= 0.3 is 0 Å². The molecule has 3 rings (SSSR count). The second-order valence-electron chi connectivity index (χ2n) is 5.07. The summed E-state index contributed by atoms with van der Waals surface area (Å²) in [4.78, 5) is 23.2. The van der Waals surface area contributed by atoms with E-state index in [0.29, 0.717) is 31.4 Å². The van der Waals surface area contributed by atoms with Crippen LogP contribution in [0.2, 0.25) is 0 Å². The molecule has 1 fully saturated rings. The Kier molecular flexibility index (Phi) is 2.53. The van der Waals surface area contributed by atoms with Crippen molar-refractivity contribution in [1.29, 1.82) is 5.26 Å². The molecule has 0 bridgehead atoms. The Morgan fingerprint density at radius 1 is 1.37 bits per heavy atom. The van der Waals surface area contributed by atoms with Gasteiger partial charge in [0.2, 0.25) is 11.8 Å². The summed E-state index contributed by atoms with van der Waals surface area (Å²) in [6, 6.07) is 7.46. The lowest BCUT2D eigenvalue weighted by atomic mass is 10.0. The molecule has 1 heterocycles. The zero-order valence-corrected chi connectivity index (χ0v) is 10.3. The summed E-state index contributed by atoms with van der Waals surface area (Å²) in [5.74, 6) is -0.208. The Bertz CT molecular complexity index is 612. The van der Waals surface area contributed by atoms with E-state index in [1.807, 2.05) is 6.07 Å². The number of aryl methyl sites for hydroxylation is 1. The summed E-state index contributed by atoms with van der Waals surface area (Å²) in [5.41, 5.74) is 1.68. The molecule has 5 heteroatoms. The van der Waals surface area contributed by atoms with Crippen molar-refractivity contribution in [1.82, 2.24) is 0 Å². The van der Waals surface area contributed by atoms with Crippen molar-refractivity contribution < 1.29 is 9.59 Å². The fraction of sp³-hybridized carbons (Fsp3) is 0.357. The van der Waals surface area contributed by atoms with E-state index >= 15 is 0 Å². The van der Waals surface area contributed by atoms with Crippen molar-refractivity contribution in [3.8, 4) is 6.07 Å². The topological polar surface area (TPSA) is 82.0 Å². The highest BCUT2D eigenvalue weighted by Crippen LogP contribution is 2.45. The minimum Gasteiger partial charge on any atom is -0.326 e. The third kappa shape index (κ3) is 2.06. The van der Waals surface area contributed by atoms with Gasteiger partial charge in [-0.1, -0.05) is 0 Å². The molecule has 0 radical (unpaired) electrons. The number of nitriles is 1. The number of nitrogens with zero attached hydrogens (tertiary/aromatic N) is 1. The van der Waals surface area contributed by atoms with E-state index in [9.17, 15) is 9.59 Å². The summed E-state index contributed by atoms with van der Waals surface area (Å²) in [7, 11) is 0. The summed E-state index contributed by atoms with van der Waals surface area (Å²) in [5, 5.41) is 14.5. The van der Waals surface area contributed by atoms with Crippen molar-refractivity contribution in [2.75, 3.05) is 10.6 Å². The molecule has 1 aromatic rings. The van der Waals surface area contributed by atoms with Crippen LogP contribution >= 0.6 is 0 Å². The minimum absolute atomic E-state index is 0.0192. The number of anilines is 2. The van der Waals surface area contributed by atoms with E-state index in [0.717, 1.165) is 11.3 Å². The zero-order chi connectivity index (χ0) is 13.5. The van der Waals surface area contributed by atoms with Gasteiger partial charge in [0, 0.05) is 17.8 Å². The van der Waals surface area contributed by atoms with Crippen LogP contribution in [0, 0.1) is 16.7 Å². The average molecular weight is 255 g/mol. The molecule has 19 heavy (non-hydrogen) atoms. The van der Waals surface area contributed by atoms with Gasteiger partial charge in [0.25, 0.3) is 0 Å². The number of fused-ring (bicyclic) bond motifs is 1. The fourth-order valence-corrected chi connectivity index (χ4v) is 2.23. The van der Waals surface area contributed by atoms with E-state index in [4.69, 9.17) is 5.26 Å². The second kappa shape index (κ2) is 4.09. The molecule has 1 aliphatic carbocycles. The second-order valence-corrected chi connectivity index (χ2v) is 5.07. The Morgan fingerprint density at radius 3 is 2.84 bits per heavy atom. The van der Waals surface area contributed by atoms with Crippen LogP contribution in [0.3, 0.4) is 0 Å². The van der Waals surface area contributed by atoms with Crippen molar-refractivity contribution in [2.45, 2.75) is 25.7 Å². The van der Waals surface area contributed by atoms with E-state index in [-0.39, 0.29) is 11.8 Å². The molecule has 2 N–H and O–H groups in total. The van der Waals surface area contributed by atoms with Crippen LogP contribution in [-0.2, 0) is 16.0 Å². The summed E-state index contributed by atoms with van der Waals surface area (Å²) in [6.45, 7) is 0. The van der Waals surface area contributed by atoms with Gasteiger partial charge in [-0.2, -0.15) is 5.26 Å². The Labute approximate surface area is 110 Å². The van der Waals surface area contributed by atoms with Crippen molar-refractivity contribution in [3.63, 3.8) is 0 Å². The molecule has 2 aliphatic rings. The standard InChI is InChI=1S/C14H13N3O2/c15-8-14(5-6-14)13(19)16-10-2-3-11-9(7-10)1-4-12(18)17-11/h2-3,7H,1,4-6H2,(H,16,19)(H,17,18). The smallest absolute Gasteiger partial charge is 0.244 e. The minimum atomic E-state index is -0.815. The van der Waals surface area contributed by atoms with E-state index < -0.39 is 5.41 Å². The first-order valence-corrected chi connectivity index (χ1v) is 6.28. The van der Waals surface area contributed by atoms with E-state index in [1.54, 1.807) is 12.1 Å². The van der Waals surface area contributed by atoms with Crippen LogP contribution in [0.4, 0.5) is 11.4 Å². The van der Waals surface area contributed by atoms with Crippen molar-refractivity contribution in [2.24, 2.45) is 5.41 Å². The predicted octanol–water partition coefficient (Wildman–Crippen LogP) is 1.81. The Morgan fingerprint density at radius 2 is 2.16 bits per heavy atom. The molecule has 0 spiro atoms. The number of nitrogens with one attached hydrogen (secondary N) is 2. The Balaban J connectivity index is 1.78. The molecular weight excluding hydrogens is 242 g/mol. The first kappa shape index (κ1) is 11.7. The molecule has 0 aromatic heterocycles. The Hall–Kier alpha value is -2.35. The third-order valence-corrected chi connectivity index (χ3v) is 3.66. The van der Waals surface area contributed by atoms with Gasteiger partial charge in [-0.25, -0.2) is 0 Å². The quantitative estimate of drug-likeness (QED) is 0.845. The highest BCUT2D eigenvalue weighted by Gasteiger charge is 2.50. The first-order valence-electron chi connectivity index (χ1n) is 6.28. The van der Waals surface area contributed by atoms with Gasteiger partial charge < -0.3 is 10.6 Å². The number of amides is 2. The number of carbonyl (C=O) groups is 2. The molecule has 1 saturated carbocycles. The molecule has 1 aliphatic heterocycles. The van der Waals surface area contributed by atoms with Crippen LogP contribution in [0.5, 0.6) is 0 Å². The third-order valence-electron chi connectivity index (χ3n) is 3.66. The van der Waals surface area contributed by atoms with Gasteiger partial charge in [0.15, 0.2) is 0 Å². The van der Waals surface area contributed by atoms with Crippen LogP contribution in [0.15, 0.2) is 18.2 Å². The maximum atomic E-state index is 11.9. The SMILES string of the molecule is N#CC1(C(=O)Nc2ccc3c(c2)CCC(=O)N3)CC1. The van der Waals surface area contributed by atoms with Gasteiger partial charge in [0.1, 0.15) is 5.41 Å². The van der Waals surface area contributed by atoms with Crippen LogP contribution in [0.1, 0.15) is 24.8 Å². The van der Waals surface area contributed by atoms with E-state index in [1.165, 1.54) is 0 Å². The number of hydrogen-bond acceptors (Lipinski definition) is 3. The number of rotatable bonds is 2. The maximum absolute atomic E-state index is 11.9. The number of benzene rings is 1. The van der Waals surface area contributed by atoms with Crippen LogP contribution in [0.25, 0.3) is 0 Å². The van der Waals surface area contributed by atoms with Gasteiger partial charge in [-0.05, 0) is 43.0 Å². The van der Waals surface area contributed by atoms with Crippen LogP contribution in [-0.4, -0.2) is 11.8 Å². The molecule has 1 aromatic carbocycles. The van der Waals surface area contributed by atoms with Gasteiger partial charge in [-0.15, -0.1) is 0 Å². The number of carbonyl (C=O) groups excluding carboxylic acids is 2. The molecule has 5 nitrogen and oxygen atoms in total. The molecular formula is C14H13N3O2. The molecule has 96 valence electrons. The van der Waals surface area contributed by atoms with Crippen LogP contribution < -0.4 is 10.6 Å². The summed E-state index contributed by atoms with van der Waals surface area (Å²) in [6.07, 6.45) is 2.41. The average Bonchev–Trinajstić information content (AvgIpc) is 3.20. The first-order chi connectivity index (χ1) is 9.13. The lowest BCUT2D eigenvalue weighted by Crippen LogP contribution is -2.23. The van der Waals surface area contributed by atoms with Gasteiger partial charge in [-0.3, -0.25) is 9.59 Å². The normalized spacial score (nSPS) is 18.8. The predicted molar refractivity (Wildman–Crippen MR) is 69.3 cm³/mol. The summed E-state index contributed by atoms with van der Waals surface area (Å²) < 4.78 is 0. The summed E-state index contributed by atoms with van der Waals surface area (Å²) >= 11 is 0. The van der Waals surface area contributed by atoms with Crippen molar-refractivity contribution >= 4 is 23.2 Å². The largest absolute Gasteiger partial charge is 0.326 e. The zero-order valence-electron chi connectivity index (χ0n) is 10.3. The van der Waals surface area contributed by atoms with E-state index in [2.05, 4.69) is 16.7 Å². The monoisotopic (exact) mass is 255 g/mol. The highest BCUT2D eigenvalue weighted by atomic mass is 16.2. The van der Waals surface area contributed by atoms with Crippen molar-refractivity contribution in [3.05, 3.63) is 23.8 Å². The highest BCUT2D eigenvalue weighted by molar-refractivity contribution is 6.00. The molecule has 0 saturated heterocycles. The fourth-order valence-electron chi connectivity index (χ4n) is 2.23. The number of hydrogen-bond donors (Lipinski definition) is 2. The van der Waals surface area contributed by atoms with Gasteiger partial charge in [0.05, 0.1) is 6.07 Å². The lowest BCUT2D eigenvalue weighted by molar-refractivity contribution is -0.119.